The van der Waals surface area contributed by atoms with Crippen molar-refractivity contribution in [2.45, 2.75) is 18.9 Å². The third-order valence-corrected chi connectivity index (χ3v) is 3.73. The van der Waals surface area contributed by atoms with Crippen LogP contribution in [0.4, 0.5) is 0 Å². The van der Waals surface area contributed by atoms with Crippen LogP contribution in [0, 0.1) is 12.8 Å². The minimum atomic E-state index is -0.227. The van der Waals surface area contributed by atoms with Gasteiger partial charge in [0.05, 0.1) is 24.1 Å². The molecule has 7 heteroatoms. The molecule has 0 aliphatic carbocycles. The van der Waals surface area contributed by atoms with Gasteiger partial charge in [0.1, 0.15) is 11.4 Å². The van der Waals surface area contributed by atoms with Crippen LogP contribution in [0.2, 0.25) is 0 Å². The Bertz CT molecular complexity index is 570. The van der Waals surface area contributed by atoms with E-state index in [4.69, 9.17) is 4.52 Å². The van der Waals surface area contributed by atoms with Crippen molar-refractivity contribution in [3.63, 3.8) is 0 Å². The van der Waals surface area contributed by atoms with E-state index in [1.807, 2.05) is 13.8 Å². The molecule has 2 aromatic rings. The fourth-order valence-electron chi connectivity index (χ4n) is 1.47. The van der Waals surface area contributed by atoms with Crippen LogP contribution in [-0.2, 0) is 9.53 Å². The Morgan fingerprint density at radius 1 is 1.56 bits per heavy atom. The predicted octanol–water partition coefficient (Wildman–Crippen LogP) is 1.83. The largest absolute Gasteiger partial charge is 0.469 e. The van der Waals surface area contributed by atoms with Crippen molar-refractivity contribution in [3.8, 4) is 0 Å². The molecule has 6 nitrogen and oxygen atoms in total. The zero-order valence-electron chi connectivity index (χ0n) is 10.3. The van der Waals surface area contributed by atoms with E-state index < -0.39 is 0 Å². The number of rotatable bonds is 4. The molecule has 0 fully saturated rings. The molecule has 0 aliphatic heterocycles. The second-order valence-corrected chi connectivity index (χ2v) is 4.87. The summed E-state index contributed by atoms with van der Waals surface area (Å²) in [5.74, 6) is 0.170. The monoisotopic (exact) mass is 267 g/mol. The van der Waals surface area contributed by atoms with E-state index >= 15 is 0 Å². The number of fused-ring (bicyclic) bond motifs is 1. The van der Waals surface area contributed by atoms with Crippen LogP contribution in [0.1, 0.15) is 12.6 Å². The van der Waals surface area contributed by atoms with Crippen molar-refractivity contribution >= 4 is 28.8 Å². The van der Waals surface area contributed by atoms with Gasteiger partial charge in [-0.2, -0.15) is 4.98 Å². The zero-order valence-corrected chi connectivity index (χ0v) is 11.2. The number of methoxy groups -OCH3 is 1. The standard InChI is InChI=1S/C11H13N3O3S/c1-6(11(15)16-3)4-18-10-8-7(2)14-17-9(8)12-5-13-10/h5-6H,4H2,1-3H3. The molecule has 1 unspecified atom stereocenters. The smallest absolute Gasteiger partial charge is 0.309 e. The molecule has 0 saturated heterocycles. The Labute approximate surface area is 108 Å². The molecule has 0 radical (unpaired) electrons. The summed E-state index contributed by atoms with van der Waals surface area (Å²) in [4.78, 5) is 19.5. The second kappa shape index (κ2) is 5.34. The van der Waals surface area contributed by atoms with Gasteiger partial charge < -0.3 is 9.26 Å². The first-order valence-electron chi connectivity index (χ1n) is 5.41. The van der Waals surface area contributed by atoms with Gasteiger partial charge in [-0.15, -0.1) is 11.8 Å². The number of aryl methyl sites for hydroxylation is 1. The molecule has 18 heavy (non-hydrogen) atoms. The van der Waals surface area contributed by atoms with Gasteiger partial charge in [-0.05, 0) is 6.92 Å². The SMILES string of the molecule is COC(=O)C(C)CSc1ncnc2onc(C)c12. The first-order chi connectivity index (χ1) is 8.63. The molecule has 0 saturated carbocycles. The molecule has 2 rings (SSSR count). The van der Waals surface area contributed by atoms with E-state index in [-0.39, 0.29) is 11.9 Å². The molecule has 0 aliphatic rings. The molecular formula is C11H13N3O3S. The van der Waals surface area contributed by atoms with Gasteiger partial charge in [0.2, 0.25) is 0 Å². The van der Waals surface area contributed by atoms with Crippen LogP contribution < -0.4 is 0 Å². The molecule has 2 heterocycles. The predicted molar refractivity (Wildman–Crippen MR) is 66.2 cm³/mol. The number of hydrogen-bond donors (Lipinski definition) is 0. The Kier molecular flexibility index (Phi) is 3.81. The number of carbonyl (C=O) groups excluding carboxylic acids is 1. The van der Waals surface area contributed by atoms with Gasteiger partial charge >= 0.3 is 5.97 Å². The lowest BCUT2D eigenvalue weighted by molar-refractivity contribution is -0.143. The third kappa shape index (κ3) is 2.45. The number of ether oxygens (including phenoxy) is 1. The van der Waals surface area contributed by atoms with Gasteiger partial charge in [0, 0.05) is 5.75 Å². The van der Waals surface area contributed by atoms with Gasteiger partial charge in [-0.25, -0.2) is 4.98 Å². The van der Waals surface area contributed by atoms with Crippen molar-refractivity contribution in [1.82, 2.24) is 15.1 Å². The van der Waals surface area contributed by atoms with E-state index in [0.717, 1.165) is 16.1 Å². The van der Waals surface area contributed by atoms with Crippen molar-refractivity contribution in [1.29, 1.82) is 0 Å². The van der Waals surface area contributed by atoms with Crippen LogP contribution in [0.15, 0.2) is 15.9 Å². The van der Waals surface area contributed by atoms with E-state index in [1.165, 1.54) is 25.2 Å². The van der Waals surface area contributed by atoms with Gasteiger partial charge in [0.25, 0.3) is 5.71 Å². The van der Waals surface area contributed by atoms with E-state index in [0.29, 0.717) is 11.5 Å². The molecule has 1 atom stereocenters. The zero-order chi connectivity index (χ0) is 13.1. The van der Waals surface area contributed by atoms with Crippen LogP contribution in [0.5, 0.6) is 0 Å². The van der Waals surface area contributed by atoms with Crippen LogP contribution in [0.25, 0.3) is 11.1 Å². The second-order valence-electron chi connectivity index (χ2n) is 3.86. The lowest BCUT2D eigenvalue weighted by atomic mass is 10.2. The lowest BCUT2D eigenvalue weighted by Gasteiger charge is -2.08. The Hall–Kier alpha value is -1.63. The summed E-state index contributed by atoms with van der Waals surface area (Å²) in [5.41, 5.74) is 1.22. The summed E-state index contributed by atoms with van der Waals surface area (Å²) >= 11 is 1.47. The molecular weight excluding hydrogens is 254 g/mol. The summed E-state index contributed by atoms with van der Waals surface area (Å²) in [7, 11) is 1.39. The fourth-order valence-corrected chi connectivity index (χ4v) is 2.52. The summed E-state index contributed by atoms with van der Waals surface area (Å²) in [6.07, 6.45) is 1.43. The quantitative estimate of drug-likeness (QED) is 0.475. The fraction of sp³-hybridized carbons (Fsp3) is 0.455. The van der Waals surface area contributed by atoms with Crippen molar-refractivity contribution in [3.05, 3.63) is 12.0 Å². The maximum absolute atomic E-state index is 11.3. The molecule has 0 bridgehead atoms. The average Bonchev–Trinajstić information content (AvgIpc) is 2.77. The molecule has 0 spiro atoms. The third-order valence-electron chi connectivity index (χ3n) is 2.48. The molecule has 0 aromatic carbocycles. The topological polar surface area (TPSA) is 78.1 Å². The van der Waals surface area contributed by atoms with Crippen molar-refractivity contribution in [2.24, 2.45) is 5.92 Å². The summed E-state index contributed by atoms with van der Waals surface area (Å²) in [5, 5.41) is 5.43. The lowest BCUT2D eigenvalue weighted by Crippen LogP contribution is -2.14. The number of nitrogens with zero attached hydrogens (tertiary/aromatic N) is 3. The van der Waals surface area contributed by atoms with E-state index in [2.05, 4.69) is 19.9 Å². The first-order valence-corrected chi connectivity index (χ1v) is 6.39. The maximum atomic E-state index is 11.3. The average molecular weight is 267 g/mol. The van der Waals surface area contributed by atoms with Crippen LogP contribution in [0.3, 0.4) is 0 Å². The van der Waals surface area contributed by atoms with Gasteiger partial charge in [-0.3, -0.25) is 4.79 Å². The Morgan fingerprint density at radius 3 is 3.06 bits per heavy atom. The van der Waals surface area contributed by atoms with Crippen LogP contribution >= 0.6 is 11.8 Å². The van der Waals surface area contributed by atoms with E-state index in [9.17, 15) is 4.79 Å². The number of thioether (sulfide) groups is 1. The summed E-state index contributed by atoms with van der Waals surface area (Å²) in [6.45, 7) is 3.65. The molecule has 96 valence electrons. The maximum Gasteiger partial charge on any atom is 0.309 e. The highest BCUT2D eigenvalue weighted by molar-refractivity contribution is 7.99. The summed E-state index contributed by atoms with van der Waals surface area (Å²) < 4.78 is 9.74. The number of carbonyl (C=O) groups is 1. The normalized spacial score (nSPS) is 12.6. The highest BCUT2D eigenvalue weighted by atomic mass is 32.2. The Morgan fingerprint density at radius 2 is 2.33 bits per heavy atom. The van der Waals surface area contributed by atoms with Crippen molar-refractivity contribution in [2.75, 3.05) is 12.9 Å². The van der Waals surface area contributed by atoms with E-state index in [1.54, 1.807) is 0 Å². The minimum absolute atomic E-state index is 0.190. The van der Waals surface area contributed by atoms with Crippen LogP contribution in [-0.4, -0.2) is 34.0 Å². The van der Waals surface area contributed by atoms with Gasteiger partial charge in [0.15, 0.2) is 0 Å². The van der Waals surface area contributed by atoms with Crippen molar-refractivity contribution < 1.29 is 14.1 Å². The minimum Gasteiger partial charge on any atom is -0.469 e. The first kappa shape index (κ1) is 12.8. The molecule has 2 aromatic heterocycles. The molecule has 0 amide bonds. The summed E-state index contributed by atoms with van der Waals surface area (Å²) in [6, 6.07) is 0. The highest BCUT2D eigenvalue weighted by Gasteiger charge is 2.17. The van der Waals surface area contributed by atoms with Gasteiger partial charge in [-0.1, -0.05) is 12.1 Å². The number of hydrogen-bond acceptors (Lipinski definition) is 7. The highest BCUT2D eigenvalue weighted by Crippen LogP contribution is 2.28. The number of aromatic nitrogens is 3. The molecule has 0 N–H and O–H groups in total. The Balaban J connectivity index is 2.17. The number of esters is 1.